The Hall–Kier alpha value is -2.58. The van der Waals surface area contributed by atoms with Gasteiger partial charge in [-0.3, -0.25) is 9.89 Å². The molecule has 1 heterocycles. The van der Waals surface area contributed by atoms with Gasteiger partial charge >= 0.3 is 0 Å². The summed E-state index contributed by atoms with van der Waals surface area (Å²) in [5, 5.41) is 6.62. The van der Waals surface area contributed by atoms with Gasteiger partial charge in [-0.1, -0.05) is 23.5 Å². The molecule has 0 fully saturated rings. The molecule has 2 aromatic rings. The van der Waals surface area contributed by atoms with E-state index in [0.29, 0.717) is 17.7 Å². The summed E-state index contributed by atoms with van der Waals surface area (Å²) >= 11 is 0. The first-order valence-corrected chi connectivity index (χ1v) is 6.64. The van der Waals surface area contributed by atoms with Crippen LogP contribution in [0.15, 0.2) is 30.6 Å². The predicted octanol–water partition coefficient (Wildman–Crippen LogP) is 1.30. The topological polar surface area (TPSA) is 75.0 Å². The Morgan fingerprint density at radius 1 is 1.48 bits per heavy atom. The van der Waals surface area contributed by atoms with Gasteiger partial charge < -0.3 is 10.6 Å². The summed E-state index contributed by atoms with van der Waals surface area (Å²) in [6.07, 6.45) is 3.48. The lowest BCUT2D eigenvalue weighted by Gasteiger charge is -2.17. The Labute approximate surface area is 124 Å². The fourth-order valence-corrected chi connectivity index (χ4v) is 2.01. The number of nitrogens with one attached hydrogen (secondary N) is 1. The molecule has 0 radical (unpaired) electrons. The van der Waals surface area contributed by atoms with Crippen molar-refractivity contribution in [3.63, 3.8) is 0 Å². The Morgan fingerprint density at radius 2 is 2.29 bits per heavy atom. The fraction of sp³-hybridized carbons (Fsp3) is 0.250. The zero-order valence-corrected chi connectivity index (χ0v) is 12.2. The van der Waals surface area contributed by atoms with Gasteiger partial charge in [-0.05, 0) is 19.1 Å². The van der Waals surface area contributed by atoms with Crippen LogP contribution in [-0.2, 0) is 6.54 Å². The molecule has 2 rings (SSSR count). The van der Waals surface area contributed by atoms with E-state index < -0.39 is 0 Å². The lowest BCUT2D eigenvalue weighted by molar-refractivity contribution is 0.0785. The lowest BCUT2D eigenvalue weighted by Crippen LogP contribution is -2.26. The zero-order valence-electron chi connectivity index (χ0n) is 12.2. The SMILES string of the molecule is Cc1ccc(C#CCN)c(C(=O)N(C)Cc2cn[nH]c2)c1. The minimum Gasteiger partial charge on any atom is -0.337 e. The summed E-state index contributed by atoms with van der Waals surface area (Å²) in [6.45, 7) is 2.71. The van der Waals surface area contributed by atoms with Gasteiger partial charge in [0.15, 0.2) is 0 Å². The Kier molecular flexibility index (Phi) is 4.75. The molecular formula is C16H18N4O. The van der Waals surface area contributed by atoms with Crippen LogP contribution < -0.4 is 5.73 Å². The number of carbonyl (C=O) groups excluding carboxylic acids is 1. The predicted molar refractivity (Wildman–Crippen MR) is 81.5 cm³/mol. The molecule has 0 saturated carbocycles. The number of nitrogens with two attached hydrogens (primary N) is 1. The third kappa shape index (κ3) is 3.71. The number of aromatic nitrogens is 2. The Balaban J connectivity index is 2.26. The van der Waals surface area contributed by atoms with Gasteiger partial charge in [0.25, 0.3) is 5.91 Å². The zero-order chi connectivity index (χ0) is 15.2. The molecule has 0 bridgehead atoms. The van der Waals surface area contributed by atoms with Crippen molar-refractivity contribution in [3.05, 3.63) is 52.8 Å². The van der Waals surface area contributed by atoms with Crippen molar-refractivity contribution >= 4 is 5.91 Å². The molecule has 1 amide bonds. The average Bonchev–Trinajstić information content (AvgIpc) is 2.98. The van der Waals surface area contributed by atoms with Gasteiger partial charge in [0, 0.05) is 30.9 Å². The highest BCUT2D eigenvalue weighted by Gasteiger charge is 2.16. The molecule has 0 aliphatic rings. The minimum absolute atomic E-state index is 0.0683. The van der Waals surface area contributed by atoms with Gasteiger partial charge in [0.1, 0.15) is 0 Å². The quantitative estimate of drug-likeness (QED) is 0.833. The molecule has 0 atom stereocenters. The van der Waals surface area contributed by atoms with Crippen LogP contribution in [0.4, 0.5) is 0 Å². The molecule has 5 nitrogen and oxygen atoms in total. The summed E-state index contributed by atoms with van der Waals surface area (Å²) in [5.74, 6) is 5.68. The third-order valence-corrected chi connectivity index (χ3v) is 3.05. The number of rotatable bonds is 3. The third-order valence-electron chi connectivity index (χ3n) is 3.05. The van der Waals surface area contributed by atoms with Crippen molar-refractivity contribution < 1.29 is 4.79 Å². The maximum Gasteiger partial charge on any atom is 0.255 e. The number of H-pyrrole nitrogens is 1. The van der Waals surface area contributed by atoms with Crippen LogP contribution >= 0.6 is 0 Å². The van der Waals surface area contributed by atoms with Gasteiger partial charge in [-0.15, -0.1) is 0 Å². The molecule has 3 N–H and O–H groups in total. The van der Waals surface area contributed by atoms with E-state index in [0.717, 1.165) is 11.1 Å². The van der Waals surface area contributed by atoms with Crippen molar-refractivity contribution in [1.29, 1.82) is 0 Å². The molecular weight excluding hydrogens is 264 g/mol. The Bertz CT molecular complexity index is 680. The number of aryl methyl sites for hydroxylation is 1. The van der Waals surface area contributed by atoms with Crippen LogP contribution in [0.5, 0.6) is 0 Å². The van der Waals surface area contributed by atoms with E-state index in [1.54, 1.807) is 24.3 Å². The van der Waals surface area contributed by atoms with E-state index in [1.165, 1.54) is 0 Å². The highest BCUT2D eigenvalue weighted by Crippen LogP contribution is 2.14. The van der Waals surface area contributed by atoms with Crippen LogP contribution in [-0.4, -0.2) is 34.6 Å². The van der Waals surface area contributed by atoms with E-state index in [9.17, 15) is 4.79 Å². The summed E-state index contributed by atoms with van der Waals surface area (Å²) in [6, 6.07) is 5.65. The first kappa shape index (κ1) is 14.8. The number of carbonyl (C=O) groups is 1. The van der Waals surface area contributed by atoms with Crippen LogP contribution in [0.25, 0.3) is 0 Å². The number of hydrogen-bond donors (Lipinski definition) is 2. The number of hydrogen-bond acceptors (Lipinski definition) is 3. The van der Waals surface area contributed by atoms with Crippen molar-refractivity contribution in [2.45, 2.75) is 13.5 Å². The second-order valence-electron chi connectivity index (χ2n) is 4.82. The highest BCUT2D eigenvalue weighted by molar-refractivity contribution is 5.96. The average molecular weight is 282 g/mol. The van der Waals surface area contributed by atoms with Crippen LogP contribution in [0, 0.1) is 18.8 Å². The lowest BCUT2D eigenvalue weighted by atomic mass is 10.0. The summed E-state index contributed by atoms with van der Waals surface area (Å²) < 4.78 is 0. The first-order valence-electron chi connectivity index (χ1n) is 6.64. The molecule has 0 saturated heterocycles. The van der Waals surface area contributed by atoms with E-state index in [1.807, 2.05) is 25.1 Å². The highest BCUT2D eigenvalue weighted by atomic mass is 16.2. The fourth-order valence-electron chi connectivity index (χ4n) is 2.01. The van der Waals surface area contributed by atoms with E-state index in [4.69, 9.17) is 5.73 Å². The van der Waals surface area contributed by atoms with Crippen LogP contribution in [0.2, 0.25) is 0 Å². The second-order valence-corrected chi connectivity index (χ2v) is 4.82. The molecule has 21 heavy (non-hydrogen) atoms. The Morgan fingerprint density at radius 3 is 2.95 bits per heavy atom. The standard InChI is InChI=1S/C16H18N4O/c1-12-5-6-14(4-3-7-17)15(8-12)16(21)20(2)11-13-9-18-19-10-13/h5-6,8-10H,7,11,17H2,1-2H3,(H,18,19). The number of benzene rings is 1. The number of aromatic amines is 1. The molecule has 0 aliphatic carbocycles. The van der Waals surface area contributed by atoms with Gasteiger partial charge in [0.05, 0.1) is 18.3 Å². The largest absolute Gasteiger partial charge is 0.337 e. The van der Waals surface area contributed by atoms with E-state index in [-0.39, 0.29) is 12.5 Å². The molecule has 108 valence electrons. The molecule has 0 unspecified atom stereocenters. The number of amides is 1. The number of nitrogens with zero attached hydrogens (tertiary/aromatic N) is 2. The van der Waals surface area contributed by atoms with E-state index in [2.05, 4.69) is 22.0 Å². The van der Waals surface area contributed by atoms with Crippen molar-refractivity contribution in [2.75, 3.05) is 13.6 Å². The van der Waals surface area contributed by atoms with Crippen molar-refractivity contribution in [2.24, 2.45) is 5.73 Å². The summed E-state index contributed by atoms with van der Waals surface area (Å²) in [7, 11) is 1.76. The van der Waals surface area contributed by atoms with E-state index >= 15 is 0 Å². The normalized spacial score (nSPS) is 9.86. The maximum absolute atomic E-state index is 12.6. The second kappa shape index (κ2) is 6.73. The minimum atomic E-state index is -0.0683. The van der Waals surface area contributed by atoms with Crippen LogP contribution in [0.3, 0.4) is 0 Å². The molecule has 0 aliphatic heterocycles. The van der Waals surface area contributed by atoms with Gasteiger partial charge in [-0.2, -0.15) is 5.10 Å². The van der Waals surface area contributed by atoms with Gasteiger partial charge in [0.2, 0.25) is 0 Å². The van der Waals surface area contributed by atoms with Gasteiger partial charge in [-0.25, -0.2) is 0 Å². The monoisotopic (exact) mass is 282 g/mol. The first-order chi connectivity index (χ1) is 10.1. The van der Waals surface area contributed by atoms with Crippen LogP contribution in [0.1, 0.15) is 27.0 Å². The molecule has 0 spiro atoms. The summed E-state index contributed by atoms with van der Waals surface area (Å²) in [5.41, 5.74) is 8.68. The summed E-state index contributed by atoms with van der Waals surface area (Å²) in [4.78, 5) is 14.2. The van der Waals surface area contributed by atoms with Crippen molar-refractivity contribution in [3.8, 4) is 11.8 Å². The molecule has 1 aromatic heterocycles. The molecule has 5 heteroatoms. The maximum atomic E-state index is 12.6. The molecule has 1 aromatic carbocycles. The smallest absolute Gasteiger partial charge is 0.255 e. The van der Waals surface area contributed by atoms with Crippen molar-refractivity contribution in [1.82, 2.24) is 15.1 Å².